The summed E-state index contributed by atoms with van der Waals surface area (Å²) in [5.74, 6) is -1.27. The number of hydrogen-bond donors (Lipinski definition) is 1. The van der Waals surface area contributed by atoms with Crippen molar-refractivity contribution in [1.82, 2.24) is 24.7 Å². The molecule has 0 saturated heterocycles. The Kier molecular flexibility index (Phi) is 12.3. The lowest BCUT2D eigenvalue weighted by molar-refractivity contribution is -0.140. The van der Waals surface area contributed by atoms with Crippen molar-refractivity contribution in [2.75, 3.05) is 19.7 Å². The Morgan fingerprint density at radius 3 is 2.28 bits per heavy atom. The minimum Gasteiger partial charge on any atom is -0.494 e. The summed E-state index contributed by atoms with van der Waals surface area (Å²) in [5, 5.41) is 3.21. The normalized spacial score (nSPS) is 12.9. The molecule has 13 heteroatoms. The quantitative estimate of drug-likeness (QED) is 0.148. The summed E-state index contributed by atoms with van der Waals surface area (Å²) in [5.41, 5.74) is -1.08. The van der Waals surface area contributed by atoms with Crippen molar-refractivity contribution in [1.29, 1.82) is 0 Å². The number of hydrogen-bond acceptors (Lipinski definition) is 5. The molecule has 0 aliphatic carbocycles. The van der Waals surface area contributed by atoms with Crippen molar-refractivity contribution in [3.05, 3.63) is 99.9 Å². The number of fused-ring (bicyclic) bond motifs is 1. The highest BCUT2D eigenvalue weighted by Gasteiger charge is 2.35. The van der Waals surface area contributed by atoms with Gasteiger partial charge in [-0.1, -0.05) is 25.1 Å². The molecule has 4 rings (SSSR count). The third-order valence-electron chi connectivity index (χ3n) is 8.31. The zero-order valence-corrected chi connectivity index (χ0v) is 29.1. The third-order valence-corrected chi connectivity index (χ3v) is 8.31. The lowest BCUT2D eigenvalue weighted by Crippen LogP contribution is -2.54. The van der Waals surface area contributed by atoms with Crippen LogP contribution in [-0.4, -0.2) is 63.1 Å². The van der Waals surface area contributed by atoms with Gasteiger partial charge in [0, 0.05) is 25.2 Å². The number of aromatic nitrogens is 2. The fraction of sp³-hybridized carbons (Fsp3) is 0.405. The van der Waals surface area contributed by atoms with Gasteiger partial charge in [0.15, 0.2) is 0 Å². The van der Waals surface area contributed by atoms with Crippen molar-refractivity contribution in [3.63, 3.8) is 0 Å². The highest BCUT2D eigenvalue weighted by atomic mass is 19.4. The molecule has 2 atom stereocenters. The van der Waals surface area contributed by atoms with Gasteiger partial charge in [-0.15, -0.1) is 0 Å². The molecule has 50 heavy (non-hydrogen) atoms. The Morgan fingerprint density at radius 1 is 0.980 bits per heavy atom. The number of ether oxygens (including phenoxy) is 1. The van der Waals surface area contributed by atoms with Crippen LogP contribution in [0.4, 0.5) is 22.4 Å². The Labute approximate surface area is 288 Å². The van der Waals surface area contributed by atoms with Crippen LogP contribution in [-0.2, 0) is 17.4 Å². The molecule has 1 aromatic heterocycles. The maximum absolute atomic E-state index is 14.3. The first-order valence-electron chi connectivity index (χ1n) is 16.6. The molecule has 0 saturated carbocycles. The van der Waals surface area contributed by atoms with Crippen LogP contribution in [0.3, 0.4) is 0 Å². The van der Waals surface area contributed by atoms with Crippen molar-refractivity contribution >= 4 is 22.8 Å². The van der Waals surface area contributed by atoms with Crippen LogP contribution < -0.4 is 15.6 Å². The van der Waals surface area contributed by atoms with Crippen molar-refractivity contribution in [2.24, 2.45) is 0 Å². The molecule has 1 heterocycles. The summed E-state index contributed by atoms with van der Waals surface area (Å²) < 4.78 is 61.9. The van der Waals surface area contributed by atoms with Gasteiger partial charge in [-0.25, -0.2) is 14.2 Å². The lowest BCUT2D eigenvalue weighted by Gasteiger charge is -2.38. The Morgan fingerprint density at radius 2 is 1.66 bits per heavy atom. The smallest absolute Gasteiger partial charge is 0.419 e. The van der Waals surface area contributed by atoms with E-state index >= 15 is 0 Å². The lowest BCUT2D eigenvalue weighted by atomic mass is 10.0. The molecule has 0 radical (unpaired) electrons. The number of alkyl halides is 3. The molecule has 0 bridgehead atoms. The topological polar surface area (TPSA) is 96.8 Å². The molecule has 0 aliphatic heterocycles. The standard InChI is InChI=1S/C37H43F4N5O4/c1-7-19-42-36(49)45(23(3)4)24(5)22-44(33(47)21-26-13-18-31(38)30(20-26)37(39,40)41)25(6)34-43-32-12-10-9-11-29(32)35(48)46(34)27-14-16-28(17-15-27)50-8-2/h9-18,20,23-25H,7-8,19,21-22H2,1-6H3,(H,42,49)/t24?,25-/m1/s1. The number of nitrogens with zero attached hydrogens (tertiary/aromatic N) is 4. The first-order valence-corrected chi connectivity index (χ1v) is 16.6. The van der Waals surface area contributed by atoms with Crippen molar-refractivity contribution < 1.29 is 31.9 Å². The summed E-state index contributed by atoms with van der Waals surface area (Å²) in [7, 11) is 0. The Balaban J connectivity index is 1.86. The summed E-state index contributed by atoms with van der Waals surface area (Å²) in [6.45, 7) is 11.7. The van der Waals surface area contributed by atoms with E-state index in [2.05, 4.69) is 5.32 Å². The number of nitrogens with one attached hydrogen (secondary N) is 1. The first kappa shape index (κ1) is 37.9. The van der Waals surface area contributed by atoms with E-state index in [9.17, 15) is 31.9 Å². The van der Waals surface area contributed by atoms with E-state index < -0.39 is 47.5 Å². The van der Waals surface area contributed by atoms with Crippen LogP contribution in [0.25, 0.3) is 16.6 Å². The molecule has 268 valence electrons. The number of amides is 3. The van der Waals surface area contributed by atoms with Gasteiger partial charge in [0.05, 0.1) is 41.2 Å². The number of urea groups is 1. The van der Waals surface area contributed by atoms with E-state index in [0.29, 0.717) is 54.0 Å². The SMILES string of the molecule is CCCNC(=O)N(C(C)C)C(C)CN(C(=O)Cc1ccc(F)c(C(F)(F)F)c1)[C@H](C)c1nc2ccccc2c(=O)n1-c1ccc(OCC)cc1. The summed E-state index contributed by atoms with van der Waals surface area (Å²) in [4.78, 5) is 49.4. The van der Waals surface area contributed by atoms with E-state index in [1.54, 1.807) is 67.3 Å². The van der Waals surface area contributed by atoms with Crippen LogP contribution in [0.5, 0.6) is 5.75 Å². The molecule has 0 spiro atoms. The molecule has 0 aliphatic rings. The highest BCUT2D eigenvalue weighted by Crippen LogP contribution is 2.32. The zero-order chi connectivity index (χ0) is 36.7. The zero-order valence-electron chi connectivity index (χ0n) is 29.1. The average molecular weight is 698 g/mol. The Bertz CT molecular complexity index is 1860. The van der Waals surface area contributed by atoms with Crippen LogP contribution >= 0.6 is 0 Å². The van der Waals surface area contributed by atoms with E-state index in [0.717, 1.165) is 6.07 Å². The van der Waals surface area contributed by atoms with Gasteiger partial charge in [-0.2, -0.15) is 13.2 Å². The summed E-state index contributed by atoms with van der Waals surface area (Å²) >= 11 is 0. The van der Waals surface area contributed by atoms with Gasteiger partial charge in [0.1, 0.15) is 17.4 Å². The maximum atomic E-state index is 14.3. The fourth-order valence-corrected chi connectivity index (χ4v) is 5.97. The number of rotatable bonds is 13. The van der Waals surface area contributed by atoms with Gasteiger partial charge in [-0.3, -0.25) is 14.2 Å². The monoisotopic (exact) mass is 697 g/mol. The number of carbonyl (C=O) groups excluding carboxylic acids is 2. The fourth-order valence-electron chi connectivity index (χ4n) is 5.97. The van der Waals surface area contributed by atoms with E-state index in [4.69, 9.17) is 9.72 Å². The molecular formula is C37H43F4N5O4. The maximum Gasteiger partial charge on any atom is 0.419 e. The number of benzene rings is 3. The minimum absolute atomic E-state index is 0.0506. The molecular weight excluding hydrogens is 654 g/mol. The molecule has 4 aromatic rings. The van der Waals surface area contributed by atoms with Crippen LogP contribution in [0, 0.1) is 5.82 Å². The van der Waals surface area contributed by atoms with Crippen LogP contribution in [0.15, 0.2) is 71.5 Å². The number of halogens is 4. The van der Waals surface area contributed by atoms with Crippen molar-refractivity contribution in [2.45, 2.75) is 78.7 Å². The molecule has 1 N–H and O–H groups in total. The minimum atomic E-state index is -4.96. The summed E-state index contributed by atoms with van der Waals surface area (Å²) in [6.07, 6.45) is -4.76. The molecule has 0 fully saturated rings. The predicted octanol–water partition coefficient (Wildman–Crippen LogP) is 7.29. The first-order chi connectivity index (χ1) is 23.7. The van der Waals surface area contributed by atoms with E-state index in [-0.39, 0.29) is 30.0 Å². The number of para-hydroxylation sites is 1. The second kappa shape index (κ2) is 16.2. The van der Waals surface area contributed by atoms with Gasteiger partial charge >= 0.3 is 12.2 Å². The third kappa shape index (κ3) is 8.61. The molecule has 3 amide bonds. The van der Waals surface area contributed by atoms with Crippen LogP contribution in [0.2, 0.25) is 0 Å². The largest absolute Gasteiger partial charge is 0.494 e. The highest BCUT2D eigenvalue weighted by molar-refractivity contribution is 5.81. The second-order valence-electron chi connectivity index (χ2n) is 12.3. The van der Waals surface area contributed by atoms with Gasteiger partial charge in [0.2, 0.25) is 5.91 Å². The Hall–Kier alpha value is -4.94. The molecule has 9 nitrogen and oxygen atoms in total. The molecule has 3 aromatic carbocycles. The second-order valence-corrected chi connectivity index (χ2v) is 12.3. The van der Waals surface area contributed by atoms with Gasteiger partial charge < -0.3 is 19.9 Å². The van der Waals surface area contributed by atoms with Crippen molar-refractivity contribution in [3.8, 4) is 11.4 Å². The van der Waals surface area contributed by atoms with E-state index in [1.807, 2.05) is 27.7 Å². The molecule has 1 unspecified atom stereocenters. The predicted molar refractivity (Wildman–Crippen MR) is 184 cm³/mol. The van der Waals surface area contributed by atoms with Gasteiger partial charge in [0.25, 0.3) is 5.56 Å². The van der Waals surface area contributed by atoms with E-state index in [1.165, 1.54) is 9.47 Å². The average Bonchev–Trinajstić information content (AvgIpc) is 3.06. The van der Waals surface area contributed by atoms with Crippen LogP contribution in [0.1, 0.15) is 71.0 Å². The van der Waals surface area contributed by atoms with Gasteiger partial charge in [-0.05, 0) is 95.1 Å². The summed E-state index contributed by atoms with van der Waals surface area (Å²) in [6, 6.07) is 13.9. The number of carbonyl (C=O) groups is 2.